The van der Waals surface area contributed by atoms with E-state index in [9.17, 15) is 5.11 Å². The lowest BCUT2D eigenvalue weighted by Gasteiger charge is -2.44. The maximum absolute atomic E-state index is 10.4. The number of nitrogens with zero attached hydrogens (tertiary/aromatic N) is 2. The molecule has 2 fully saturated rings. The molecule has 3 nitrogen and oxygen atoms in total. The molecule has 0 bridgehead atoms. The average molecular weight is 274 g/mol. The summed E-state index contributed by atoms with van der Waals surface area (Å²) in [6.07, 6.45) is 3.03. The van der Waals surface area contributed by atoms with Crippen LogP contribution in [0.5, 0.6) is 0 Å². The van der Waals surface area contributed by atoms with Crippen LogP contribution in [0.25, 0.3) is 0 Å². The van der Waals surface area contributed by atoms with Gasteiger partial charge in [0.2, 0.25) is 0 Å². The fraction of sp³-hybridized carbons (Fsp3) is 0.647. The molecule has 110 valence electrons. The SMILES string of the molecule is CN1CCN(C2CC(c3ccccc3)CCC2O)CC1. The molecular formula is C17H26N2O. The first kappa shape index (κ1) is 14.1. The molecule has 0 aromatic heterocycles. The van der Waals surface area contributed by atoms with E-state index in [1.807, 2.05) is 0 Å². The van der Waals surface area contributed by atoms with Gasteiger partial charge in [0.1, 0.15) is 0 Å². The molecule has 1 N–H and O–H groups in total. The fourth-order valence-electron chi connectivity index (χ4n) is 3.70. The molecule has 20 heavy (non-hydrogen) atoms. The lowest BCUT2D eigenvalue weighted by molar-refractivity contribution is -0.00514. The minimum Gasteiger partial charge on any atom is -0.391 e. The highest BCUT2D eigenvalue weighted by molar-refractivity contribution is 5.20. The highest BCUT2D eigenvalue weighted by atomic mass is 16.3. The van der Waals surface area contributed by atoms with Crippen LogP contribution in [0.1, 0.15) is 30.7 Å². The third kappa shape index (κ3) is 3.05. The fourth-order valence-corrected chi connectivity index (χ4v) is 3.70. The van der Waals surface area contributed by atoms with Crippen molar-refractivity contribution in [3.63, 3.8) is 0 Å². The Labute approximate surface area is 122 Å². The molecule has 1 aliphatic carbocycles. The van der Waals surface area contributed by atoms with E-state index in [2.05, 4.69) is 47.2 Å². The second-order valence-electron chi connectivity index (χ2n) is 6.39. The molecule has 1 aromatic carbocycles. The summed E-state index contributed by atoms with van der Waals surface area (Å²) >= 11 is 0. The standard InChI is InChI=1S/C17H26N2O/c1-18-9-11-19(12-10-18)16-13-15(7-8-17(16)20)14-5-3-2-4-6-14/h2-6,15-17,20H,7-13H2,1H3. The van der Waals surface area contributed by atoms with Crippen molar-refractivity contribution in [3.05, 3.63) is 35.9 Å². The smallest absolute Gasteiger partial charge is 0.0695 e. The van der Waals surface area contributed by atoms with Crippen LogP contribution < -0.4 is 0 Å². The Bertz CT molecular complexity index is 414. The number of benzene rings is 1. The highest BCUT2D eigenvalue weighted by Gasteiger charge is 2.34. The van der Waals surface area contributed by atoms with Gasteiger partial charge in [0.25, 0.3) is 0 Å². The molecule has 1 saturated carbocycles. The summed E-state index contributed by atoms with van der Waals surface area (Å²) in [6.45, 7) is 4.44. The molecule has 3 unspecified atom stereocenters. The highest BCUT2D eigenvalue weighted by Crippen LogP contribution is 2.35. The van der Waals surface area contributed by atoms with Crippen molar-refractivity contribution in [1.29, 1.82) is 0 Å². The maximum atomic E-state index is 10.4. The van der Waals surface area contributed by atoms with Crippen LogP contribution in [-0.2, 0) is 0 Å². The summed E-state index contributed by atoms with van der Waals surface area (Å²) < 4.78 is 0. The molecule has 1 heterocycles. The van der Waals surface area contributed by atoms with Crippen molar-refractivity contribution >= 4 is 0 Å². The van der Waals surface area contributed by atoms with E-state index < -0.39 is 0 Å². The Morgan fingerprint density at radius 1 is 1.00 bits per heavy atom. The molecule has 1 saturated heterocycles. The Kier molecular flexibility index (Phi) is 4.39. The summed E-state index contributed by atoms with van der Waals surface area (Å²) in [5.74, 6) is 0.615. The number of aliphatic hydroxyl groups is 1. The molecule has 0 amide bonds. The second-order valence-corrected chi connectivity index (χ2v) is 6.39. The summed E-state index contributed by atoms with van der Waals surface area (Å²) in [6, 6.07) is 11.2. The predicted octanol–water partition coefficient (Wildman–Crippen LogP) is 1.93. The normalized spacial score (nSPS) is 33.2. The summed E-state index contributed by atoms with van der Waals surface area (Å²) in [5, 5.41) is 10.4. The van der Waals surface area contributed by atoms with Crippen LogP contribution in [0, 0.1) is 0 Å². The first-order chi connectivity index (χ1) is 9.74. The number of rotatable bonds is 2. The zero-order valence-corrected chi connectivity index (χ0v) is 12.4. The number of hydrogen-bond acceptors (Lipinski definition) is 3. The van der Waals surface area contributed by atoms with Crippen molar-refractivity contribution in [1.82, 2.24) is 9.80 Å². The van der Waals surface area contributed by atoms with Crippen LogP contribution in [0.2, 0.25) is 0 Å². The number of hydrogen-bond donors (Lipinski definition) is 1. The number of aliphatic hydroxyl groups excluding tert-OH is 1. The Balaban J connectivity index is 1.67. The van der Waals surface area contributed by atoms with Crippen LogP contribution in [0.4, 0.5) is 0 Å². The second kappa shape index (κ2) is 6.25. The van der Waals surface area contributed by atoms with E-state index >= 15 is 0 Å². The van der Waals surface area contributed by atoms with E-state index in [1.165, 1.54) is 5.56 Å². The number of piperazine rings is 1. The van der Waals surface area contributed by atoms with Crippen LogP contribution in [-0.4, -0.2) is 60.3 Å². The summed E-state index contributed by atoms with van der Waals surface area (Å²) in [5.41, 5.74) is 1.44. The molecule has 0 spiro atoms. The monoisotopic (exact) mass is 274 g/mol. The third-order valence-electron chi connectivity index (χ3n) is 5.06. The molecular weight excluding hydrogens is 248 g/mol. The van der Waals surface area contributed by atoms with Crippen molar-refractivity contribution in [2.75, 3.05) is 33.2 Å². The van der Waals surface area contributed by atoms with Gasteiger partial charge in [-0.2, -0.15) is 0 Å². The van der Waals surface area contributed by atoms with Gasteiger partial charge in [-0.1, -0.05) is 30.3 Å². The Morgan fingerprint density at radius 3 is 2.40 bits per heavy atom. The van der Waals surface area contributed by atoms with Crippen LogP contribution in [0.15, 0.2) is 30.3 Å². The summed E-state index contributed by atoms with van der Waals surface area (Å²) in [7, 11) is 2.18. The molecule has 1 aliphatic heterocycles. The first-order valence-corrected chi connectivity index (χ1v) is 7.89. The molecule has 3 atom stereocenters. The lowest BCUT2D eigenvalue weighted by atomic mass is 9.79. The van der Waals surface area contributed by atoms with E-state index in [0.29, 0.717) is 12.0 Å². The minimum absolute atomic E-state index is 0.140. The predicted molar refractivity (Wildman–Crippen MR) is 81.9 cm³/mol. The van der Waals surface area contributed by atoms with Gasteiger partial charge in [-0.05, 0) is 37.8 Å². The average Bonchev–Trinajstić information content (AvgIpc) is 2.50. The van der Waals surface area contributed by atoms with Gasteiger partial charge in [0.15, 0.2) is 0 Å². The Morgan fingerprint density at radius 2 is 1.70 bits per heavy atom. The van der Waals surface area contributed by atoms with Gasteiger partial charge < -0.3 is 10.0 Å². The maximum Gasteiger partial charge on any atom is 0.0695 e. The molecule has 1 aromatic rings. The van der Waals surface area contributed by atoms with E-state index in [-0.39, 0.29) is 6.10 Å². The Hall–Kier alpha value is -0.900. The first-order valence-electron chi connectivity index (χ1n) is 7.89. The molecule has 2 aliphatic rings. The largest absolute Gasteiger partial charge is 0.391 e. The van der Waals surface area contributed by atoms with Crippen molar-refractivity contribution < 1.29 is 5.11 Å². The van der Waals surface area contributed by atoms with E-state index in [4.69, 9.17) is 0 Å². The summed E-state index contributed by atoms with van der Waals surface area (Å²) in [4.78, 5) is 4.89. The van der Waals surface area contributed by atoms with Crippen LogP contribution >= 0.6 is 0 Å². The van der Waals surface area contributed by atoms with Gasteiger partial charge in [0.05, 0.1) is 6.10 Å². The van der Waals surface area contributed by atoms with Crippen molar-refractivity contribution in [3.8, 4) is 0 Å². The minimum atomic E-state index is -0.140. The third-order valence-corrected chi connectivity index (χ3v) is 5.06. The van der Waals surface area contributed by atoms with Crippen LogP contribution in [0.3, 0.4) is 0 Å². The van der Waals surface area contributed by atoms with Gasteiger partial charge >= 0.3 is 0 Å². The topological polar surface area (TPSA) is 26.7 Å². The van der Waals surface area contributed by atoms with Gasteiger partial charge in [-0.15, -0.1) is 0 Å². The molecule has 3 heteroatoms. The van der Waals surface area contributed by atoms with Crippen molar-refractivity contribution in [2.24, 2.45) is 0 Å². The zero-order valence-electron chi connectivity index (χ0n) is 12.4. The molecule has 3 rings (SSSR count). The lowest BCUT2D eigenvalue weighted by Crippen LogP contribution is -2.54. The van der Waals surface area contributed by atoms with Gasteiger partial charge in [-0.25, -0.2) is 0 Å². The van der Waals surface area contributed by atoms with E-state index in [0.717, 1.165) is 45.4 Å². The van der Waals surface area contributed by atoms with Gasteiger partial charge in [0, 0.05) is 32.2 Å². The van der Waals surface area contributed by atoms with E-state index in [1.54, 1.807) is 0 Å². The quantitative estimate of drug-likeness (QED) is 0.893. The van der Waals surface area contributed by atoms with Gasteiger partial charge in [-0.3, -0.25) is 4.90 Å². The number of likely N-dealkylation sites (N-methyl/N-ethyl adjacent to an activating group) is 1. The molecule has 0 radical (unpaired) electrons. The zero-order chi connectivity index (χ0) is 13.9. The van der Waals surface area contributed by atoms with Crippen molar-refractivity contribution in [2.45, 2.75) is 37.3 Å².